The number of oxazole rings is 1. The largest absolute Gasteiger partial charge is 0.480 e. The molecule has 0 aliphatic carbocycles. The van der Waals surface area contributed by atoms with Crippen molar-refractivity contribution in [1.82, 2.24) is 10.3 Å². The van der Waals surface area contributed by atoms with Gasteiger partial charge in [0, 0.05) is 0 Å². The predicted octanol–water partition coefficient (Wildman–Crippen LogP) is 2.75. The third-order valence-electron chi connectivity index (χ3n) is 2.69. The van der Waals surface area contributed by atoms with Gasteiger partial charge >= 0.3 is 5.97 Å². The molecule has 0 radical (unpaired) electrons. The summed E-state index contributed by atoms with van der Waals surface area (Å²) in [5.74, 6) is 0.381. The van der Waals surface area contributed by atoms with Crippen LogP contribution in [-0.2, 0) is 11.3 Å². The second-order valence-corrected chi connectivity index (χ2v) is 5.10. The molecule has 2 aromatic rings. The first-order chi connectivity index (χ1) is 9.20. The molecule has 2 aromatic heterocycles. The summed E-state index contributed by atoms with van der Waals surface area (Å²) in [6.45, 7) is 2.28. The summed E-state index contributed by atoms with van der Waals surface area (Å²) in [5.41, 5.74) is 0. The molecule has 0 saturated carbocycles. The summed E-state index contributed by atoms with van der Waals surface area (Å²) >= 11 is 1.58. The number of hydrogen-bond donors (Lipinski definition) is 2. The molecule has 1 unspecified atom stereocenters. The SMILES string of the molecule is CCCC(NCc1ncc(-c2cccs2)o1)C(=O)O. The van der Waals surface area contributed by atoms with Crippen LogP contribution in [0.3, 0.4) is 0 Å². The number of carboxylic acid groups (broad SMARTS) is 1. The van der Waals surface area contributed by atoms with Crippen molar-refractivity contribution in [2.45, 2.75) is 32.4 Å². The number of nitrogens with zero attached hydrogens (tertiary/aromatic N) is 1. The molecule has 0 bridgehead atoms. The Hall–Kier alpha value is -1.66. The second-order valence-electron chi connectivity index (χ2n) is 4.16. The Labute approximate surface area is 115 Å². The molecule has 6 heteroatoms. The minimum Gasteiger partial charge on any atom is -0.480 e. The molecule has 0 spiro atoms. The van der Waals surface area contributed by atoms with Gasteiger partial charge in [0.25, 0.3) is 0 Å². The first-order valence-electron chi connectivity index (χ1n) is 6.15. The van der Waals surface area contributed by atoms with E-state index in [0.29, 0.717) is 24.6 Å². The predicted molar refractivity (Wildman–Crippen MR) is 73.0 cm³/mol. The number of rotatable bonds is 7. The highest BCUT2D eigenvalue weighted by atomic mass is 32.1. The highest BCUT2D eigenvalue weighted by molar-refractivity contribution is 7.13. The zero-order chi connectivity index (χ0) is 13.7. The molecule has 0 fully saturated rings. The lowest BCUT2D eigenvalue weighted by atomic mass is 10.2. The third-order valence-corrected chi connectivity index (χ3v) is 3.58. The molecule has 5 nitrogen and oxygen atoms in total. The van der Waals surface area contributed by atoms with Gasteiger partial charge in [-0.05, 0) is 17.9 Å². The van der Waals surface area contributed by atoms with Crippen LogP contribution in [0.15, 0.2) is 28.1 Å². The van der Waals surface area contributed by atoms with E-state index < -0.39 is 12.0 Å². The van der Waals surface area contributed by atoms with E-state index in [1.807, 2.05) is 24.4 Å². The van der Waals surface area contributed by atoms with Crippen LogP contribution in [0.5, 0.6) is 0 Å². The van der Waals surface area contributed by atoms with Crippen LogP contribution >= 0.6 is 11.3 Å². The monoisotopic (exact) mass is 280 g/mol. The van der Waals surface area contributed by atoms with Crippen LogP contribution in [0.4, 0.5) is 0 Å². The average molecular weight is 280 g/mol. The highest BCUT2D eigenvalue weighted by Gasteiger charge is 2.16. The molecule has 0 saturated heterocycles. The van der Waals surface area contributed by atoms with Crippen molar-refractivity contribution in [2.24, 2.45) is 0 Å². The van der Waals surface area contributed by atoms with Crippen molar-refractivity contribution in [2.75, 3.05) is 0 Å². The van der Waals surface area contributed by atoms with Crippen LogP contribution in [-0.4, -0.2) is 22.1 Å². The number of aliphatic carboxylic acids is 1. The maximum Gasteiger partial charge on any atom is 0.320 e. The number of carboxylic acids is 1. The number of aromatic nitrogens is 1. The first-order valence-corrected chi connectivity index (χ1v) is 7.03. The number of carbonyl (C=O) groups is 1. The fraction of sp³-hybridized carbons (Fsp3) is 0.385. The van der Waals surface area contributed by atoms with Crippen LogP contribution in [0.2, 0.25) is 0 Å². The molecular formula is C13H16N2O3S. The lowest BCUT2D eigenvalue weighted by molar-refractivity contribution is -0.139. The van der Waals surface area contributed by atoms with E-state index in [9.17, 15) is 4.79 Å². The van der Waals surface area contributed by atoms with Crippen LogP contribution in [0.1, 0.15) is 25.7 Å². The van der Waals surface area contributed by atoms with Gasteiger partial charge in [-0.1, -0.05) is 19.4 Å². The van der Waals surface area contributed by atoms with E-state index in [4.69, 9.17) is 9.52 Å². The molecule has 102 valence electrons. The quantitative estimate of drug-likeness (QED) is 0.815. The van der Waals surface area contributed by atoms with E-state index in [-0.39, 0.29) is 0 Å². The Bertz CT molecular complexity index is 522. The van der Waals surface area contributed by atoms with Crippen LogP contribution in [0.25, 0.3) is 10.6 Å². The topological polar surface area (TPSA) is 75.4 Å². The maximum absolute atomic E-state index is 11.0. The molecule has 0 aliphatic rings. The molecule has 1 atom stereocenters. The summed E-state index contributed by atoms with van der Waals surface area (Å²) in [6, 6.07) is 3.35. The summed E-state index contributed by atoms with van der Waals surface area (Å²) in [6.07, 6.45) is 3.07. The molecule has 0 aromatic carbocycles. The fourth-order valence-electron chi connectivity index (χ4n) is 1.74. The summed E-state index contributed by atoms with van der Waals surface area (Å²) in [4.78, 5) is 16.2. The number of hydrogen-bond acceptors (Lipinski definition) is 5. The minimum atomic E-state index is -0.841. The van der Waals surface area contributed by atoms with Gasteiger partial charge in [-0.25, -0.2) is 4.98 Å². The zero-order valence-electron chi connectivity index (χ0n) is 10.6. The molecule has 0 amide bonds. The molecule has 19 heavy (non-hydrogen) atoms. The Kier molecular flexibility index (Phi) is 4.70. The van der Waals surface area contributed by atoms with Crippen molar-refractivity contribution >= 4 is 17.3 Å². The summed E-state index contributed by atoms with van der Waals surface area (Å²) in [5, 5.41) is 13.9. The average Bonchev–Trinajstić information content (AvgIpc) is 3.04. The van der Waals surface area contributed by atoms with E-state index in [0.717, 1.165) is 11.3 Å². The van der Waals surface area contributed by atoms with Gasteiger partial charge in [-0.2, -0.15) is 0 Å². The van der Waals surface area contributed by atoms with Crippen molar-refractivity contribution in [1.29, 1.82) is 0 Å². The normalized spacial score (nSPS) is 12.5. The lowest BCUT2D eigenvalue weighted by Gasteiger charge is -2.11. The Balaban J connectivity index is 1.95. The van der Waals surface area contributed by atoms with Crippen molar-refractivity contribution in [3.8, 4) is 10.6 Å². The van der Waals surface area contributed by atoms with Crippen LogP contribution < -0.4 is 5.32 Å². The molecule has 2 rings (SSSR count). The standard InChI is InChI=1S/C13H16N2O3S/c1-2-4-9(13(16)17)14-8-12-15-7-10(18-12)11-5-3-6-19-11/h3,5-7,9,14H,2,4,8H2,1H3,(H,16,17). The Morgan fingerprint density at radius 3 is 3.11 bits per heavy atom. The molecular weight excluding hydrogens is 264 g/mol. The molecule has 2 heterocycles. The van der Waals surface area contributed by atoms with Gasteiger partial charge in [-0.15, -0.1) is 11.3 Å². The second kappa shape index (κ2) is 6.49. The van der Waals surface area contributed by atoms with Crippen molar-refractivity contribution in [3.63, 3.8) is 0 Å². The Morgan fingerprint density at radius 2 is 2.47 bits per heavy atom. The van der Waals surface area contributed by atoms with Gasteiger partial charge < -0.3 is 9.52 Å². The van der Waals surface area contributed by atoms with Gasteiger partial charge in [-0.3, -0.25) is 10.1 Å². The van der Waals surface area contributed by atoms with Gasteiger partial charge in [0.2, 0.25) is 5.89 Å². The van der Waals surface area contributed by atoms with Gasteiger partial charge in [0.05, 0.1) is 17.6 Å². The van der Waals surface area contributed by atoms with E-state index >= 15 is 0 Å². The summed E-state index contributed by atoms with van der Waals surface area (Å²) < 4.78 is 5.58. The van der Waals surface area contributed by atoms with E-state index in [1.165, 1.54) is 0 Å². The van der Waals surface area contributed by atoms with E-state index in [1.54, 1.807) is 17.5 Å². The number of thiophene rings is 1. The molecule has 2 N–H and O–H groups in total. The lowest BCUT2D eigenvalue weighted by Crippen LogP contribution is -2.36. The van der Waals surface area contributed by atoms with Gasteiger partial charge in [0.1, 0.15) is 6.04 Å². The fourth-order valence-corrected chi connectivity index (χ4v) is 2.41. The first kappa shape index (κ1) is 13.8. The van der Waals surface area contributed by atoms with Crippen molar-refractivity contribution in [3.05, 3.63) is 29.6 Å². The smallest absolute Gasteiger partial charge is 0.320 e. The summed E-state index contributed by atoms with van der Waals surface area (Å²) in [7, 11) is 0. The highest BCUT2D eigenvalue weighted by Crippen LogP contribution is 2.25. The zero-order valence-corrected chi connectivity index (χ0v) is 11.4. The maximum atomic E-state index is 11.0. The third kappa shape index (κ3) is 3.65. The van der Waals surface area contributed by atoms with Crippen LogP contribution in [0, 0.1) is 0 Å². The van der Waals surface area contributed by atoms with Gasteiger partial charge in [0.15, 0.2) is 5.76 Å². The van der Waals surface area contributed by atoms with Crippen molar-refractivity contribution < 1.29 is 14.3 Å². The van der Waals surface area contributed by atoms with E-state index in [2.05, 4.69) is 10.3 Å². The Morgan fingerprint density at radius 1 is 1.63 bits per heavy atom. The molecule has 0 aliphatic heterocycles. The minimum absolute atomic E-state index is 0.322. The number of nitrogens with one attached hydrogen (secondary N) is 1.